The van der Waals surface area contributed by atoms with Gasteiger partial charge in [0.2, 0.25) is 5.89 Å². The second-order valence-electron chi connectivity index (χ2n) is 13.2. The van der Waals surface area contributed by atoms with Crippen molar-refractivity contribution in [3.63, 3.8) is 0 Å². The summed E-state index contributed by atoms with van der Waals surface area (Å²) < 4.78 is 6.51. The summed E-state index contributed by atoms with van der Waals surface area (Å²) in [6, 6.07) is 68.8. The van der Waals surface area contributed by atoms with Crippen LogP contribution in [0.3, 0.4) is 0 Å². The van der Waals surface area contributed by atoms with Crippen molar-refractivity contribution in [1.29, 1.82) is 0 Å². The largest absolute Gasteiger partial charge is 0.435 e. The van der Waals surface area contributed by atoms with Crippen LogP contribution in [0.2, 0.25) is 0 Å². The average molecular weight is 665 g/mol. The molecule has 244 valence electrons. The molecular weight excluding hydrogens is 633 g/mol. The minimum Gasteiger partial charge on any atom is -0.435 e. The summed E-state index contributed by atoms with van der Waals surface area (Å²) in [5.74, 6) is 0.624. The first-order chi connectivity index (χ1) is 25.8. The van der Waals surface area contributed by atoms with Gasteiger partial charge in [-0.25, -0.2) is 4.98 Å². The van der Waals surface area contributed by atoms with E-state index in [4.69, 9.17) is 9.40 Å². The summed E-state index contributed by atoms with van der Waals surface area (Å²) in [4.78, 5) is 7.25. The molecule has 0 N–H and O–H groups in total. The van der Waals surface area contributed by atoms with E-state index in [9.17, 15) is 0 Å². The topological polar surface area (TPSA) is 29.3 Å². The lowest BCUT2D eigenvalue weighted by Gasteiger charge is -2.27. The molecule has 0 fully saturated rings. The van der Waals surface area contributed by atoms with Gasteiger partial charge in [-0.1, -0.05) is 146 Å². The number of nitrogens with zero attached hydrogens (tertiary/aromatic N) is 2. The number of anilines is 3. The maximum Gasteiger partial charge on any atom is 0.227 e. The number of benzene rings is 9. The fourth-order valence-electron chi connectivity index (χ4n) is 7.51. The molecule has 52 heavy (non-hydrogen) atoms. The van der Waals surface area contributed by atoms with Crippen LogP contribution in [0, 0.1) is 0 Å². The van der Waals surface area contributed by atoms with Crippen LogP contribution in [0.4, 0.5) is 17.1 Å². The minimum atomic E-state index is 0.624. The highest BCUT2D eigenvalue weighted by molar-refractivity contribution is 6.00. The fourth-order valence-corrected chi connectivity index (χ4v) is 7.51. The van der Waals surface area contributed by atoms with Gasteiger partial charge in [0, 0.05) is 27.9 Å². The molecule has 1 aromatic heterocycles. The lowest BCUT2D eigenvalue weighted by Crippen LogP contribution is -2.10. The van der Waals surface area contributed by atoms with Crippen molar-refractivity contribution in [3.05, 3.63) is 194 Å². The van der Waals surface area contributed by atoms with Crippen molar-refractivity contribution in [2.45, 2.75) is 0 Å². The molecule has 10 rings (SSSR count). The molecule has 0 aliphatic carbocycles. The highest BCUT2D eigenvalue weighted by Gasteiger charge is 2.18. The Hall–Kier alpha value is -6.97. The Morgan fingerprint density at radius 3 is 1.67 bits per heavy atom. The van der Waals surface area contributed by atoms with E-state index < -0.39 is 0 Å². The Morgan fingerprint density at radius 2 is 0.923 bits per heavy atom. The van der Waals surface area contributed by atoms with Crippen molar-refractivity contribution in [1.82, 2.24) is 4.98 Å². The first-order valence-corrected chi connectivity index (χ1v) is 17.6. The maximum atomic E-state index is 6.51. The van der Waals surface area contributed by atoms with Crippen molar-refractivity contribution in [2.24, 2.45) is 0 Å². The Bertz CT molecular complexity index is 2890. The molecule has 3 nitrogen and oxygen atoms in total. The number of rotatable bonds is 6. The van der Waals surface area contributed by atoms with Crippen LogP contribution in [0.1, 0.15) is 0 Å². The van der Waals surface area contributed by atoms with Gasteiger partial charge >= 0.3 is 0 Å². The number of hydrogen-bond donors (Lipinski definition) is 0. The van der Waals surface area contributed by atoms with E-state index in [0.717, 1.165) is 50.2 Å². The van der Waals surface area contributed by atoms with E-state index in [0.29, 0.717) is 5.89 Å². The molecule has 0 saturated heterocycles. The predicted octanol–water partition coefficient (Wildman–Crippen LogP) is 13.8. The zero-order valence-electron chi connectivity index (χ0n) is 28.3. The zero-order chi connectivity index (χ0) is 34.4. The van der Waals surface area contributed by atoms with Gasteiger partial charge in [0.25, 0.3) is 0 Å². The number of para-hydroxylation sites is 1. The molecule has 0 saturated carbocycles. The lowest BCUT2D eigenvalue weighted by atomic mass is 9.98. The van der Waals surface area contributed by atoms with E-state index in [1.54, 1.807) is 0 Å². The summed E-state index contributed by atoms with van der Waals surface area (Å²) in [7, 11) is 0. The summed E-state index contributed by atoms with van der Waals surface area (Å²) in [5, 5.41) is 7.25. The molecule has 0 bridgehead atoms. The van der Waals surface area contributed by atoms with Crippen LogP contribution in [0.5, 0.6) is 0 Å². The summed E-state index contributed by atoms with van der Waals surface area (Å²) >= 11 is 0. The first kappa shape index (κ1) is 29.9. The Morgan fingerprint density at radius 1 is 0.385 bits per heavy atom. The molecule has 10 aromatic rings. The van der Waals surface area contributed by atoms with Crippen LogP contribution >= 0.6 is 0 Å². The summed E-state index contributed by atoms with van der Waals surface area (Å²) in [6.45, 7) is 0. The van der Waals surface area contributed by atoms with Crippen LogP contribution in [0.25, 0.3) is 77.1 Å². The third-order valence-electron chi connectivity index (χ3n) is 10.1. The Balaban J connectivity index is 1.05. The normalized spacial score (nSPS) is 11.5. The minimum absolute atomic E-state index is 0.624. The molecule has 0 radical (unpaired) electrons. The van der Waals surface area contributed by atoms with E-state index in [1.807, 2.05) is 6.07 Å². The van der Waals surface area contributed by atoms with E-state index in [1.165, 1.54) is 38.1 Å². The highest BCUT2D eigenvalue weighted by atomic mass is 16.3. The standard InChI is InChI=1S/C49H32N2O/c1-2-13-38-32-39(23-22-33(38)10-1)49-50-46-20-9-19-45(48(46)52-49)37-26-30-41(31-27-37)51(47-21-8-15-35-12-4-6-17-44(35)47)40-28-24-36(25-29-40)43-18-7-14-34-11-3-5-16-42(34)43/h1-32H. The van der Waals surface area contributed by atoms with Crippen molar-refractivity contribution in [3.8, 4) is 33.7 Å². The van der Waals surface area contributed by atoms with Crippen molar-refractivity contribution in [2.75, 3.05) is 4.90 Å². The van der Waals surface area contributed by atoms with E-state index in [2.05, 4.69) is 193 Å². The Labute approximate surface area is 301 Å². The number of fused-ring (bicyclic) bond motifs is 4. The molecule has 0 amide bonds. The smallest absolute Gasteiger partial charge is 0.227 e. The van der Waals surface area contributed by atoms with Gasteiger partial charge < -0.3 is 9.32 Å². The van der Waals surface area contributed by atoms with Crippen LogP contribution in [0.15, 0.2) is 199 Å². The van der Waals surface area contributed by atoms with Crippen molar-refractivity contribution >= 4 is 60.5 Å². The van der Waals surface area contributed by atoms with Crippen LogP contribution in [-0.4, -0.2) is 4.98 Å². The van der Waals surface area contributed by atoms with Gasteiger partial charge in [-0.3, -0.25) is 0 Å². The summed E-state index contributed by atoms with van der Waals surface area (Å²) in [6.07, 6.45) is 0. The molecular formula is C49H32N2O. The van der Waals surface area contributed by atoms with Gasteiger partial charge in [0.1, 0.15) is 5.52 Å². The lowest BCUT2D eigenvalue weighted by molar-refractivity contribution is 0.621. The van der Waals surface area contributed by atoms with Crippen LogP contribution < -0.4 is 4.90 Å². The van der Waals surface area contributed by atoms with Crippen molar-refractivity contribution < 1.29 is 4.42 Å². The molecule has 0 atom stereocenters. The van der Waals surface area contributed by atoms with Gasteiger partial charge in [-0.2, -0.15) is 0 Å². The molecule has 0 aliphatic heterocycles. The Kier molecular flexibility index (Phi) is 7.14. The van der Waals surface area contributed by atoms with Gasteiger partial charge in [-0.15, -0.1) is 0 Å². The third-order valence-corrected chi connectivity index (χ3v) is 10.1. The monoisotopic (exact) mass is 664 g/mol. The number of hydrogen-bond acceptors (Lipinski definition) is 3. The van der Waals surface area contributed by atoms with E-state index in [-0.39, 0.29) is 0 Å². The molecule has 3 heteroatoms. The molecule has 1 heterocycles. The quantitative estimate of drug-likeness (QED) is 0.177. The predicted molar refractivity (Wildman–Crippen MR) is 218 cm³/mol. The number of oxazole rings is 1. The fraction of sp³-hybridized carbons (Fsp3) is 0. The second-order valence-corrected chi connectivity index (χ2v) is 13.2. The molecule has 0 aliphatic rings. The molecule has 0 spiro atoms. The van der Waals surface area contributed by atoms with Gasteiger partial charge in [-0.05, 0) is 92.2 Å². The summed E-state index contributed by atoms with van der Waals surface area (Å²) in [5.41, 5.74) is 10.4. The van der Waals surface area contributed by atoms with Gasteiger partial charge in [0.15, 0.2) is 5.58 Å². The number of aromatic nitrogens is 1. The molecule has 9 aromatic carbocycles. The van der Waals surface area contributed by atoms with E-state index >= 15 is 0 Å². The maximum absolute atomic E-state index is 6.51. The highest BCUT2D eigenvalue weighted by Crippen LogP contribution is 2.41. The van der Waals surface area contributed by atoms with Crippen LogP contribution in [-0.2, 0) is 0 Å². The third kappa shape index (κ3) is 5.19. The SMILES string of the molecule is c1ccc2cc(-c3nc4cccc(-c5ccc(N(c6ccc(-c7cccc8ccccc78)cc6)c6cccc7ccccc67)cc5)c4o3)ccc2c1. The molecule has 0 unspecified atom stereocenters. The first-order valence-electron chi connectivity index (χ1n) is 17.6. The van der Waals surface area contributed by atoms with Gasteiger partial charge in [0.05, 0.1) is 5.69 Å². The average Bonchev–Trinajstić information content (AvgIpc) is 3.66. The second kappa shape index (κ2) is 12.4. The zero-order valence-corrected chi connectivity index (χ0v) is 28.3.